The normalized spacial score (nSPS) is 22.0. The highest BCUT2D eigenvalue weighted by Crippen LogP contribution is 2.34. The van der Waals surface area contributed by atoms with E-state index < -0.39 is 0 Å². The van der Waals surface area contributed by atoms with Crippen LogP contribution in [0.5, 0.6) is 11.5 Å². The molecule has 0 spiro atoms. The molecular weight excluding hydrogens is 266 g/mol. The molecule has 1 aromatic carbocycles. The van der Waals surface area contributed by atoms with Crippen LogP contribution in [0.2, 0.25) is 0 Å². The van der Waals surface area contributed by atoms with Crippen molar-refractivity contribution in [1.82, 2.24) is 5.32 Å². The molecule has 1 fully saturated rings. The molecule has 1 aliphatic heterocycles. The third-order valence-electron chi connectivity index (χ3n) is 4.40. The van der Waals surface area contributed by atoms with E-state index in [1.807, 2.05) is 6.07 Å². The number of phenolic OH excluding ortho intramolecular Hbond substituents is 1. The molecule has 1 saturated carbocycles. The fourth-order valence-electron chi connectivity index (χ4n) is 3.20. The summed E-state index contributed by atoms with van der Waals surface area (Å²) in [6.07, 6.45) is 8.02. The van der Waals surface area contributed by atoms with Gasteiger partial charge in [0.05, 0.1) is 12.1 Å². The predicted molar refractivity (Wildman–Crippen MR) is 81.8 cm³/mol. The maximum atomic E-state index is 9.44. The van der Waals surface area contributed by atoms with Crippen LogP contribution >= 0.6 is 0 Å². The third kappa shape index (κ3) is 3.89. The zero-order valence-corrected chi connectivity index (χ0v) is 12.5. The number of fused-ring (bicyclic) bond motifs is 1. The Hall–Kier alpha value is -1.26. The minimum absolute atomic E-state index is 0.232. The Balaban J connectivity index is 1.35. The van der Waals surface area contributed by atoms with E-state index in [9.17, 15) is 5.11 Å². The van der Waals surface area contributed by atoms with Crippen LogP contribution in [0.3, 0.4) is 0 Å². The van der Waals surface area contributed by atoms with Gasteiger partial charge in [0.2, 0.25) is 0 Å². The van der Waals surface area contributed by atoms with Crippen molar-refractivity contribution >= 4 is 0 Å². The fraction of sp³-hybridized carbons (Fsp3) is 0.647. The maximum absolute atomic E-state index is 9.44. The number of rotatable bonds is 6. The summed E-state index contributed by atoms with van der Waals surface area (Å²) in [5.74, 6) is 1.06. The summed E-state index contributed by atoms with van der Waals surface area (Å²) >= 11 is 0. The van der Waals surface area contributed by atoms with E-state index >= 15 is 0 Å². The van der Waals surface area contributed by atoms with E-state index in [-0.39, 0.29) is 11.8 Å². The second kappa shape index (κ2) is 7.14. The van der Waals surface area contributed by atoms with Crippen molar-refractivity contribution in [3.8, 4) is 11.5 Å². The highest BCUT2D eigenvalue weighted by Gasteiger charge is 2.23. The second-order valence-corrected chi connectivity index (χ2v) is 6.02. The van der Waals surface area contributed by atoms with E-state index in [0.717, 1.165) is 30.9 Å². The van der Waals surface area contributed by atoms with Crippen molar-refractivity contribution in [2.45, 2.75) is 50.7 Å². The maximum Gasteiger partial charge on any atom is 0.127 e. The van der Waals surface area contributed by atoms with Gasteiger partial charge in [0.25, 0.3) is 0 Å². The lowest BCUT2D eigenvalue weighted by atomic mass is 9.98. The van der Waals surface area contributed by atoms with Crippen LogP contribution in [0.4, 0.5) is 0 Å². The smallest absolute Gasteiger partial charge is 0.127 e. The van der Waals surface area contributed by atoms with Gasteiger partial charge < -0.3 is 19.9 Å². The zero-order valence-electron chi connectivity index (χ0n) is 12.5. The predicted octanol–water partition coefficient (Wildman–Crippen LogP) is 3.15. The molecule has 1 heterocycles. The van der Waals surface area contributed by atoms with Gasteiger partial charge in [-0.05, 0) is 37.9 Å². The molecule has 0 amide bonds. The summed E-state index contributed by atoms with van der Waals surface area (Å²) in [6, 6.07) is 5.57. The molecule has 1 aliphatic carbocycles. The topological polar surface area (TPSA) is 50.7 Å². The SMILES string of the molecule is Oc1ccc2c(c1)OCC2NCCCOC1CCCCC1. The van der Waals surface area contributed by atoms with E-state index in [1.54, 1.807) is 12.1 Å². The molecule has 1 unspecified atom stereocenters. The van der Waals surface area contributed by atoms with Crippen LogP contribution in [0.1, 0.15) is 50.1 Å². The van der Waals surface area contributed by atoms with Gasteiger partial charge in [0.15, 0.2) is 0 Å². The third-order valence-corrected chi connectivity index (χ3v) is 4.40. The lowest BCUT2D eigenvalue weighted by Crippen LogP contribution is -2.25. The summed E-state index contributed by atoms with van der Waals surface area (Å²) in [5.41, 5.74) is 1.14. The van der Waals surface area contributed by atoms with Crippen LogP contribution in [0.15, 0.2) is 18.2 Å². The molecule has 0 bridgehead atoms. The summed E-state index contributed by atoms with van der Waals surface area (Å²) < 4.78 is 11.5. The molecule has 4 nitrogen and oxygen atoms in total. The summed E-state index contributed by atoms with van der Waals surface area (Å²) in [5, 5.41) is 12.9. The number of nitrogens with one attached hydrogen (secondary N) is 1. The largest absolute Gasteiger partial charge is 0.508 e. The number of hydrogen-bond acceptors (Lipinski definition) is 4. The number of phenols is 1. The molecule has 0 saturated heterocycles. The lowest BCUT2D eigenvalue weighted by molar-refractivity contribution is 0.0270. The minimum atomic E-state index is 0.232. The Morgan fingerprint density at radius 3 is 2.95 bits per heavy atom. The Morgan fingerprint density at radius 1 is 1.24 bits per heavy atom. The molecule has 4 heteroatoms. The van der Waals surface area contributed by atoms with E-state index in [1.165, 1.54) is 32.1 Å². The summed E-state index contributed by atoms with van der Waals surface area (Å²) in [4.78, 5) is 0. The number of benzene rings is 1. The molecule has 0 aromatic heterocycles. The van der Waals surface area contributed by atoms with Gasteiger partial charge in [-0.1, -0.05) is 19.3 Å². The monoisotopic (exact) mass is 291 g/mol. The van der Waals surface area contributed by atoms with E-state index in [2.05, 4.69) is 5.32 Å². The molecule has 0 radical (unpaired) electrons. The van der Waals surface area contributed by atoms with Crippen molar-refractivity contribution < 1.29 is 14.6 Å². The quantitative estimate of drug-likeness (QED) is 0.791. The highest BCUT2D eigenvalue weighted by molar-refractivity contribution is 5.44. The van der Waals surface area contributed by atoms with Gasteiger partial charge in [0, 0.05) is 18.2 Å². The highest BCUT2D eigenvalue weighted by atomic mass is 16.5. The Bertz CT molecular complexity index is 457. The summed E-state index contributed by atoms with van der Waals surface area (Å²) in [6.45, 7) is 2.41. The molecule has 1 atom stereocenters. The van der Waals surface area contributed by atoms with Crippen LogP contribution in [0.25, 0.3) is 0 Å². The molecule has 3 rings (SSSR count). The van der Waals surface area contributed by atoms with Crippen molar-refractivity contribution in [2.24, 2.45) is 0 Å². The van der Waals surface area contributed by atoms with Gasteiger partial charge in [-0.15, -0.1) is 0 Å². The first-order valence-corrected chi connectivity index (χ1v) is 8.13. The first-order chi connectivity index (χ1) is 10.3. The van der Waals surface area contributed by atoms with Crippen LogP contribution in [0, 0.1) is 0 Å². The molecule has 2 N–H and O–H groups in total. The van der Waals surface area contributed by atoms with Crippen molar-refractivity contribution in [1.29, 1.82) is 0 Å². The molecule has 2 aliphatic rings. The van der Waals surface area contributed by atoms with Gasteiger partial charge in [0.1, 0.15) is 18.1 Å². The molecular formula is C17H25NO3. The Morgan fingerprint density at radius 2 is 2.10 bits per heavy atom. The van der Waals surface area contributed by atoms with Crippen LogP contribution in [-0.2, 0) is 4.74 Å². The first-order valence-electron chi connectivity index (χ1n) is 8.13. The molecule has 21 heavy (non-hydrogen) atoms. The number of hydrogen-bond donors (Lipinski definition) is 2. The van der Waals surface area contributed by atoms with E-state index in [0.29, 0.717) is 12.7 Å². The number of ether oxygens (including phenoxy) is 2. The average molecular weight is 291 g/mol. The van der Waals surface area contributed by atoms with Gasteiger partial charge in [-0.25, -0.2) is 0 Å². The standard InChI is InChI=1S/C17H25NO3/c19-13-7-8-15-16(12-21-17(15)11-13)18-9-4-10-20-14-5-2-1-3-6-14/h7-8,11,14,16,18-19H,1-6,9-10,12H2. The average Bonchev–Trinajstić information content (AvgIpc) is 2.90. The zero-order chi connectivity index (χ0) is 14.5. The van der Waals surface area contributed by atoms with Crippen molar-refractivity contribution in [3.05, 3.63) is 23.8 Å². The second-order valence-electron chi connectivity index (χ2n) is 6.02. The Labute approximate surface area is 126 Å². The number of aromatic hydroxyl groups is 1. The molecule has 1 aromatic rings. The van der Waals surface area contributed by atoms with Crippen molar-refractivity contribution in [3.63, 3.8) is 0 Å². The van der Waals surface area contributed by atoms with Gasteiger partial charge in [-0.3, -0.25) is 0 Å². The van der Waals surface area contributed by atoms with Gasteiger partial charge >= 0.3 is 0 Å². The van der Waals surface area contributed by atoms with E-state index in [4.69, 9.17) is 9.47 Å². The van der Waals surface area contributed by atoms with Crippen LogP contribution < -0.4 is 10.1 Å². The fourth-order valence-corrected chi connectivity index (χ4v) is 3.20. The van der Waals surface area contributed by atoms with Gasteiger partial charge in [-0.2, -0.15) is 0 Å². The van der Waals surface area contributed by atoms with Crippen LogP contribution in [-0.4, -0.2) is 31.0 Å². The van der Waals surface area contributed by atoms with Crippen molar-refractivity contribution in [2.75, 3.05) is 19.8 Å². The first kappa shape index (κ1) is 14.7. The molecule has 116 valence electrons. The Kier molecular flexibility index (Phi) is 4.99. The summed E-state index contributed by atoms with van der Waals surface area (Å²) in [7, 11) is 0. The minimum Gasteiger partial charge on any atom is -0.508 e. The lowest BCUT2D eigenvalue weighted by Gasteiger charge is -2.22.